The topological polar surface area (TPSA) is 43.4 Å². The Bertz CT molecular complexity index is 978. The number of rotatable bonds is 9. The predicted octanol–water partition coefficient (Wildman–Crippen LogP) is 7.33. The Hall–Kier alpha value is -1.34. The highest BCUT2D eigenvalue weighted by Crippen LogP contribution is 2.40. The summed E-state index contributed by atoms with van der Waals surface area (Å²) in [6, 6.07) is 22.3. The van der Waals surface area contributed by atoms with Crippen LogP contribution in [0.15, 0.2) is 81.4 Å². The van der Waals surface area contributed by atoms with Crippen LogP contribution in [-0.2, 0) is 14.3 Å². The fourth-order valence-electron chi connectivity index (χ4n) is 4.53. The minimum Gasteiger partial charge on any atom is -0.414 e. The first-order chi connectivity index (χ1) is 15.3. The first-order valence-corrected chi connectivity index (χ1v) is 16.6. The molecule has 0 N–H and O–H groups in total. The van der Waals surface area contributed by atoms with Crippen LogP contribution in [0.2, 0.25) is 18.1 Å². The van der Waals surface area contributed by atoms with E-state index < -0.39 is 23.4 Å². The molecule has 0 fully saturated rings. The molecule has 3 nitrogen and oxygen atoms in total. The van der Waals surface area contributed by atoms with Crippen molar-refractivity contribution in [2.24, 2.45) is 5.92 Å². The second-order valence-electron chi connectivity index (χ2n) is 8.67. The molecule has 0 unspecified atom stereocenters. The standard InChI is InChI=1S/C26H36O3S2Si/c1-5-32(6-2,7-3)29-25-19-18-23(30-22-14-10-8-11-15-22)20-26(21(25)4)31(27,28)24-16-12-9-13-17-24/h8-17,20-21,25-26H,5-7,18-19H2,1-4H3/t21-,25+,26+/m1/s1. The molecule has 174 valence electrons. The monoisotopic (exact) mass is 488 g/mol. The Morgan fingerprint density at radius 3 is 2.06 bits per heavy atom. The lowest BCUT2D eigenvalue weighted by Crippen LogP contribution is -2.44. The molecule has 6 heteroatoms. The van der Waals surface area contributed by atoms with Gasteiger partial charge in [-0.2, -0.15) is 0 Å². The lowest BCUT2D eigenvalue weighted by atomic mass is 10.00. The zero-order valence-corrected chi connectivity index (χ0v) is 22.3. The van der Waals surface area contributed by atoms with Gasteiger partial charge in [0.1, 0.15) is 0 Å². The lowest BCUT2D eigenvalue weighted by molar-refractivity contribution is 0.126. The number of benzene rings is 2. The van der Waals surface area contributed by atoms with Crippen LogP contribution >= 0.6 is 11.8 Å². The third-order valence-electron chi connectivity index (χ3n) is 6.89. The van der Waals surface area contributed by atoms with Gasteiger partial charge in [0.15, 0.2) is 18.2 Å². The van der Waals surface area contributed by atoms with E-state index in [1.165, 1.54) is 0 Å². The molecule has 1 aliphatic carbocycles. The highest BCUT2D eigenvalue weighted by molar-refractivity contribution is 8.03. The number of sulfone groups is 1. The average Bonchev–Trinajstić information content (AvgIpc) is 2.98. The quantitative estimate of drug-likeness (QED) is 0.347. The third kappa shape index (κ3) is 5.77. The first-order valence-electron chi connectivity index (χ1n) is 11.8. The van der Waals surface area contributed by atoms with Gasteiger partial charge in [-0.05, 0) is 60.1 Å². The van der Waals surface area contributed by atoms with Gasteiger partial charge in [-0.25, -0.2) is 8.42 Å². The van der Waals surface area contributed by atoms with Crippen LogP contribution in [0.25, 0.3) is 0 Å². The van der Waals surface area contributed by atoms with E-state index in [4.69, 9.17) is 4.43 Å². The normalized spacial score (nSPS) is 22.2. The highest BCUT2D eigenvalue weighted by Gasteiger charge is 2.41. The molecule has 0 aromatic heterocycles. The molecule has 2 aromatic rings. The maximum atomic E-state index is 13.8. The summed E-state index contributed by atoms with van der Waals surface area (Å²) in [6.07, 6.45) is 3.68. The summed E-state index contributed by atoms with van der Waals surface area (Å²) >= 11 is 1.68. The minimum absolute atomic E-state index is 0.0462. The van der Waals surface area contributed by atoms with Gasteiger partial charge in [0.2, 0.25) is 0 Å². The molecule has 2 aromatic carbocycles. The van der Waals surface area contributed by atoms with Gasteiger partial charge in [0.25, 0.3) is 0 Å². The van der Waals surface area contributed by atoms with Crippen LogP contribution in [0.1, 0.15) is 40.5 Å². The molecule has 0 bridgehead atoms. The van der Waals surface area contributed by atoms with E-state index in [1.807, 2.05) is 30.3 Å². The summed E-state index contributed by atoms with van der Waals surface area (Å²) in [6.45, 7) is 8.76. The van der Waals surface area contributed by atoms with E-state index in [1.54, 1.807) is 36.0 Å². The van der Waals surface area contributed by atoms with Gasteiger partial charge in [-0.1, -0.05) is 81.9 Å². The average molecular weight is 489 g/mol. The van der Waals surface area contributed by atoms with E-state index >= 15 is 0 Å². The molecule has 0 amide bonds. The summed E-state index contributed by atoms with van der Waals surface area (Å²) in [5.74, 6) is -0.106. The van der Waals surface area contributed by atoms with Crippen molar-refractivity contribution in [3.8, 4) is 0 Å². The zero-order valence-electron chi connectivity index (χ0n) is 19.7. The Morgan fingerprint density at radius 2 is 1.50 bits per heavy atom. The molecule has 0 spiro atoms. The van der Waals surface area contributed by atoms with Crippen LogP contribution < -0.4 is 0 Å². The summed E-state index contributed by atoms with van der Waals surface area (Å²) in [5, 5.41) is -0.596. The first kappa shape index (κ1) is 25.3. The molecule has 0 radical (unpaired) electrons. The molecule has 3 rings (SSSR count). The molecule has 3 atom stereocenters. The molecule has 0 heterocycles. The number of thioether (sulfide) groups is 1. The van der Waals surface area contributed by atoms with Crippen molar-refractivity contribution >= 4 is 29.9 Å². The molecule has 0 saturated carbocycles. The maximum Gasteiger partial charge on any atom is 0.192 e. The molecule has 32 heavy (non-hydrogen) atoms. The Labute approximate surface area is 199 Å². The largest absolute Gasteiger partial charge is 0.414 e. The molecule has 0 aliphatic heterocycles. The van der Waals surface area contributed by atoms with Gasteiger partial charge in [-0.15, -0.1) is 0 Å². The highest BCUT2D eigenvalue weighted by atomic mass is 32.2. The maximum absolute atomic E-state index is 13.8. The van der Waals surface area contributed by atoms with E-state index in [0.717, 1.165) is 40.8 Å². The zero-order chi connectivity index (χ0) is 23.2. The Balaban J connectivity index is 1.99. The van der Waals surface area contributed by atoms with Crippen LogP contribution in [-0.4, -0.2) is 28.1 Å². The van der Waals surface area contributed by atoms with Crippen LogP contribution in [0.5, 0.6) is 0 Å². The van der Waals surface area contributed by atoms with Crippen molar-refractivity contribution in [1.29, 1.82) is 0 Å². The fourth-order valence-corrected chi connectivity index (χ4v) is 10.6. The Morgan fingerprint density at radius 1 is 0.938 bits per heavy atom. The minimum atomic E-state index is -3.52. The summed E-state index contributed by atoms with van der Waals surface area (Å²) in [7, 11) is -5.38. The number of hydrogen-bond acceptors (Lipinski definition) is 4. The summed E-state index contributed by atoms with van der Waals surface area (Å²) in [5.41, 5.74) is 0. The van der Waals surface area contributed by atoms with Crippen molar-refractivity contribution < 1.29 is 12.8 Å². The molecule has 0 saturated heterocycles. The van der Waals surface area contributed by atoms with E-state index in [-0.39, 0.29) is 12.0 Å². The van der Waals surface area contributed by atoms with Crippen molar-refractivity contribution in [2.75, 3.05) is 0 Å². The van der Waals surface area contributed by atoms with Crippen molar-refractivity contribution in [3.63, 3.8) is 0 Å². The second kappa shape index (κ2) is 11.2. The molecule has 1 aliphatic rings. The SMILES string of the molecule is CC[Si](CC)(CC)O[C@H]1CCC(Sc2ccccc2)=C[C@H](S(=O)(=O)c2ccccc2)[C@@H]1C. The summed E-state index contributed by atoms with van der Waals surface area (Å²) < 4.78 is 34.5. The predicted molar refractivity (Wildman–Crippen MR) is 138 cm³/mol. The van der Waals surface area contributed by atoms with Gasteiger partial charge in [-0.3, -0.25) is 0 Å². The van der Waals surface area contributed by atoms with Gasteiger partial charge in [0.05, 0.1) is 10.1 Å². The van der Waals surface area contributed by atoms with E-state index in [2.05, 4.69) is 39.8 Å². The summed E-state index contributed by atoms with van der Waals surface area (Å²) in [4.78, 5) is 2.65. The van der Waals surface area contributed by atoms with Crippen molar-refractivity contribution in [3.05, 3.63) is 71.6 Å². The third-order valence-corrected chi connectivity index (χ3v) is 14.9. The molecular weight excluding hydrogens is 453 g/mol. The van der Waals surface area contributed by atoms with Gasteiger partial charge in [0, 0.05) is 16.9 Å². The Kier molecular flexibility index (Phi) is 8.84. The van der Waals surface area contributed by atoms with Crippen LogP contribution in [0.3, 0.4) is 0 Å². The van der Waals surface area contributed by atoms with Gasteiger partial charge >= 0.3 is 0 Å². The van der Waals surface area contributed by atoms with Gasteiger partial charge < -0.3 is 4.43 Å². The smallest absolute Gasteiger partial charge is 0.192 e. The van der Waals surface area contributed by atoms with Crippen LogP contribution in [0, 0.1) is 5.92 Å². The molecular formula is C26H36O3S2Si. The fraction of sp³-hybridized carbons (Fsp3) is 0.462. The second-order valence-corrected chi connectivity index (χ2v) is 16.7. The number of allylic oxidation sites excluding steroid dienone is 1. The number of hydrogen-bond donors (Lipinski definition) is 0. The van der Waals surface area contributed by atoms with Crippen molar-refractivity contribution in [2.45, 2.75) is 79.8 Å². The van der Waals surface area contributed by atoms with Crippen LogP contribution in [0.4, 0.5) is 0 Å². The van der Waals surface area contributed by atoms with E-state index in [0.29, 0.717) is 4.90 Å². The van der Waals surface area contributed by atoms with E-state index in [9.17, 15) is 8.42 Å². The lowest BCUT2D eigenvalue weighted by Gasteiger charge is -2.37. The van der Waals surface area contributed by atoms with Crippen molar-refractivity contribution in [1.82, 2.24) is 0 Å².